The Kier molecular flexibility index (Phi) is 5.14. The normalized spacial score (nSPS) is 23.0. The van der Waals surface area contributed by atoms with E-state index in [1.165, 1.54) is 16.4 Å². The number of sulfonamides is 1. The summed E-state index contributed by atoms with van der Waals surface area (Å²) in [5.41, 5.74) is 0.113. The zero-order valence-electron chi connectivity index (χ0n) is 15.6. The first kappa shape index (κ1) is 19.3. The maximum Gasteiger partial charge on any atom is 0.243 e. The van der Waals surface area contributed by atoms with Crippen LogP contribution in [0.2, 0.25) is 0 Å². The average molecular weight is 383 g/mol. The van der Waals surface area contributed by atoms with E-state index < -0.39 is 15.8 Å². The van der Waals surface area contributed by atoms with Gasteiger partial charge in [0.1, 0.15) is 5.82 Å². The first-order valence-corrected chi connectivity index (χ1v) is 10.7. The maximum absolute atomic E-state index is 13.9. The van der Waals surface area contributed by atoms with Crippen molar-refractivity contribution in [2.45, 2.75) is 57.4 Å². The summed E-state index contributed by atoms with van der Waals surface area (Å²) in [5, 5.41) is 2.94. The van der Waals surface area contributed by atoms with Crippen LogP contribution in [0, 0.1) is 24.1 Å². The molecule has 144 valence electrons. The molecule has 3 rings (SSSR count). The number of hydrogen-bond donors (Lipinski definition) is 1. The van der Waals surface area contributed by atoms with Crippen LogP contribution in [0.1, 0.15) is 45.1 Å². The Morgan fingerprint density at radius 2 is 1.96 bits per heavy atom. The smallest absolute Gasteiger partial charge is 0.243 e. The fourth-order valence-electron chi connectivity index (χ4n) is 4.32. The summed E-state index contributed by atoms with van der Waals surface area (Å²) in [7, 11) is -3.82. The molecule has 1 saturated heterocycles. The summed E-state index contributed by atoms with van der Waals surface area (Å²) in [6.45, 7) is 5.90. The highest BCUT2D eigenvalue weighted by Crippen LogP contribution is 2.50. The van der Waals surface area contributed by atoms with Crippen molar-refractivity contribution in [2.75, 3.05) is 13.1 Å². The van der Waals surface area contributed by atoms with Crippen molar-refractivity contribution < 1.29 is 17.6 Å². The second-order valence-electron chi connectivity index (χ2n) is 7.99. The lowest BCUT2D eigenvalue weighted by Gasteiger charge is -2.29. The van der Waals surface area contributed by atoms with Gasteiger partial charge in [0.05, 0.1) is 10.8 Å². The molecule has 1 spiro atoms. The fourth-order valence-corrected chi connectivity index (χ4v) is 5.88. The lowest BCUT2D eigenvalue weighted by molar-refractivity contribution is -0.128. The molecule has 1 N–H and O–H groups in total. The van der Waals surface area contributed by atoms with Crippen molar-refractivity contribution in [1.82, 2.24) is 9.62 Å². The molecule has 0 radical (unpaired) electrons. The number of carbonyl (C=O) groups is 1. The van der Waals surface area contributed by atoms with Crippen LogP contribution < -0.4 is 5.32 Å². The van der Waals surface area contributed by atoms with Crippen molar-refractivity contribution in [2.24, 2.45) is 11.3 Å². The second kappa shape index (κ2) is 6.93. The molecule has 0 bridgehead atoms. The third-order valence-corrected chi connectivity index (χ3v) is 7.55. The number of halogens is 1. The van der Waals surface area contributed by atoms with Crippen LogP contribution in [-0.4, -0.2) is 37.8 Å². The predicted molar refractivity (Wildman–Crippen MR) is 97.6 cm³/mol. The Morgan fingerprint density at radius 1 is 1.31 bits per heavy atom. The molecule has 2 fully saturated rings. The van der Waals surface area contributed by atoms with E-state index in [1.54, 1.807) is 6.92 Å². The molecular weight excluding hydrogens is 355 g/mol. The molecule has 1 amide bonds. The van der Waals surface area contributed by atoms with Crippen molar-refractivity contribution >= 4 is 15.9 Å². The van der Waals surface area contributed by atoms with E-state index in [1.807, 2.05) is 13.8 Å². The SMILES string of the molecule is Cc1ccc(S(=O)(=O)N2CC(C(=O)NC(C)C)C3(CCCC3)C2)cc1F. The molecule has 1 aliphatic carbocycles. The molecule has 1 aromatic carbocycles. The zero-order valence-corrected chi connectivity index (χ0v) is 16.4. The Labute approximate surface area is 155 Å². The van der Waals surface area contributed by atoms with E-state index in [0.29, 0.717) is 12.1 Å². The van der Waals surface area contributed by atoms with Crippen molar-refractivity contribution in [3.63, 3.8) is 0 Å². The van der Waals surface area contributed by atoms with Crippen molar-refractivity contribution in [3.8, 4) is 0 Å². The highest BCUT2D eigenvalue weighted by molar-refractivity contribution is 7.89. The first-order valence-electron chi connectivity index (χ1n) is 9.22. The number of carbonyl (C=O) groups excluding carboxylic acids is 1. The van der Waals surface area contributed by atoms with E-state index in [0.717, 1.165) is 31.7 Å². The number of hydrogen-bond acceptors (Lipinski definition) is 3. The molecule has 0 aromatic heterocycles. The van der Waals surface area contributed by atoms with Crippen molar-refractivity contribution in [3.05, 3.63) is 29.6 Å². The van der Waals surface area contributed by atoms with Crippen LogP contribution in [0.4, 0.5) is 4.39 Å². The lowest BCUT2D eigenvalue weighted by atomic mass is 9.76. The molecule has 1 unspecified atom stereocenters. The molecule has 7 heteroatoms. The Morgan fingerprint density at radius 3 is 2.54 bits per heavy atom. The van der Waals surface area contributed by atoms with Crippen LogP contribution in [0.3, 0.4) is 0 Å². The Bertz CT molecular complexity index is 801. The largest absolute Gasteiger partial charge is 0.354 e. The van der Waals surface area contributed by atoms with Gasteiger partial charge >= 0.3 is 0 Å². The summed E-state index contributed by atoms with van der Waals surface area (Å²) in [6, 6.07) is 4.01. The maximum atomic E-state index is 13.9. The zero-order chi connectivity index (χ0) is 19.1. The third-order valence-electron chi connectivity index (χ3n) is 5.74. The van der Waals surface area contributed by atoms with E-state index in [-0.39, 0.29) is 34.7 Å². The highest BCUT2D eigenvalue weighted by Gasteiger charge is 2.54. The topological polar surface area (TPSA) is 66.5 Å². The molecule has 1 aliphatic heterocycles. The van der Waals surface area contributed by atoms with Gasteiger partial charge in [0.25, 0.3) is 0 Å². The van der Waals surface area contributed by atoms with E-state index >= 15 is 0 Å². The molecule has 1 heterocycles. The van der Waals surface area contributed by atoms with Gasteiger partial charge in [-0.2, -0.15) is 4.31 Å². The van der Waals surface area contributed by atoms with Gasteiger partial charge in [-0.25, -0.2) is 12.8 Å². The molecule has 2 aliphatic rings. The van der Waals surface area contributed by atoms with Crippen LogP contribution in [0.5, 0.6) is 0 Å². The van der Waals surface area contributed by atoms with Crippen LogP contribution in [-0.2, 0) is 14.8 Å². The van der Waals surface area contributed by atoms with Gasteiger partial charge in [-0.3, -0.25) is 4.79 Å². The number of amides is 1. The predicted octanol–water partition coefficient (Wildman–Crippen LogP) is 2.84. The molecule has 1 atom stereocenters. The van der Waals surface area contributed by atoms with Gasteiger partial charge in [-0.05, 0) is 56.7 Å². The molecule has 1 saturated carbocycles. The van der Waals surface area contributed by atoms with E-state index in [4.69, 9.17) is 0 Å². The van der Waals surface area contributed by atoms with Crippen LogP contribution >= 0.6 is 0 Å². The van der Waals surface area contributed by atoms with Gasteiger partial charge in [0, 0.05) is 19.1 Å². The Balaban J connectivity index is 1.91. The van der Waals surface area contributed by atoms with Gasteiger partial charge < -0.3 is 5.32 Å². The standard InChI is InChI=1S/C19H27FN2O3S/c1-13(2)21-18(23)16-11-22(12-19(16)8-4-5-9-19)26(24,25)15-7-6-14(3)17(20)10-15/h6-7,10,13,16H,4-5,8-9,11-12H2,1-3H3,(H,21,23). The molecular formula is C19H27FN2O3S. The molecule has 1 aromatic rings. The van der Waals surface area contributed by atoms with Gasteiger partial charge in [0.15, 0.2) is 0 Å². The molecule has 26 heavy (non-hydrogen) atoms. The van der Waals surface area contributed by atoms with Crippen molar-refractivity contribution in [1.29, 1.82) is 0 Å². The van der Waals surface area contributed by atoms with Gasteiger partial charge in [-0.1, -0.05) is 18.9 Å². The first-order chi connectivity index (χ1) is 12.2. The number of benzene rings is 1. The monoisotopic (exact) mass is 382 g/mol. The number of rotatable bonds is 4. The average Bonchev–Trinajstić information content (AvgIpc) is 3.17. The second-order valence-corrected chi connectivity index (χ2v) is 9.93. The Hall–Kier alpha value is -1.47. The van der Waals surface area contributed by atoms with Crippen LogP contribution in [0.15, 0.2) is 23.1 Å². The lowest BCUT2D eigenvalue weighted by Crippen LogP contribution is -2.42. The summed E-state index contributed by atoms with van der Waals surface area (Å²) in [4.78, 5) is 12.7. The number of aryl methyl sites for hydroxylation is 1. The van der Waals surface area contributed by atoms with E-state index in [9.17, 15) is 17.6 Å². The fraction of sp³-hybridized carbons (Fsp3) is 0.632. The van der Waals surface area contributed by atoms with Crippen LogP contribution in [0.25, 0.3) is 0 Å². The quantitative estimate of drug-likeness (QED) is 0.871. The van der Waals surface area contributed by atoms with Gasteiger partial charge in [0.2, 0.25) is 15.9 Å². The summed E-state index contributed by atoms with van der Waals surface area (Å²) in [6.07, 6.45) is 3.74. The summed E-state index contributed by atoms with van der Waals surface area (Å²) >= 11 is 0. The van der Waals surface area contributed by atoms with E-state index in [2.05, 4.69) is 5.32 Å². The minimum absolute atomic E-state index is 0.0119. The summed E-state index contributed by atoms with van der Waals surface area (Å²) in [5.74, 6) is -0.956. The molecule has 5 nitrogen and oxygen atoms in total. The number of nitrogens with one attached hydrogen (secondary N) is 1. The summed E-state index contributed by atoms with van der Waals surface area (Å²) < 4.78 is 41.4. The van der Waals surface area contributed by atoms with Gasteiger partial charge in [-0.15, -0.1) is 0 Å². The third kappa shape index (κ3) is 3.39. The highest BCUT2D eigenvalue weighted by atomic mass is 32.2. The number of nitrogens with zero attached hydrogens (tertiary/aromatic N) is 1. The minimum atomic E-state index is -3.82. The minimum Gasteiger partial charge on any atom is -0.354 e.